The average Bonchev–Trinajstić information content (AvgIpc) is 3.17. The monoisotopic (exact) mass is 303 g/mol. The molecular weight excluding hydrogens is 286 g/mol. The van der Waals surface area contributed by atoms with Gasteiger partial charge in [0.25, 0.3) is 0 Å². The van der Waals surface area contributed by atoms with Gasteiger partial charge in [0.1, 0.15) is 0 Å². The predicted octanol–water partition coefficient (Wildman–Crippen LogP) is 3.16. The third-order valence-corrected chi connectivity index (χ3v) is 4.31. The number of nitrogens with one attached hydrogen (secondary N) is 1. The van der Waals surface area contributed by atoms with Crippen LogP contribution in [0.3, 0.4) is 0 Å². The molecule has 1 aromatic heterocycles. The summed E-state index contributed by atoms with van der Waals surface area (Å²) in [6.07, 6.45) is 4.10. The van der Waals surface area contributed by atoms with Gasteiger partial charge < -0.3 is 9.88 Å². The van der Waals surface area contributed by atoms with Gasteiger partial charge in [-0.2, -0.15) is 0 Å². The highest BCUT2D eigenvalue weighted by Crippen LogP contribution is 2.40. The Labute approximate surface area is 134 Å². The van der Waals surface area contributed by atoms with Crippen molar-refractivity contribution in [2.24, 2.45) is 0 Å². The number of benzene rings is 2. The Morgan fingerprint density at radius 3 is 2.74 bits per heavy atom. The Morgan fingerprint density at radius 2 is 1.87 bits per heavy atom. The van der Waals surface area contributed by atoms with Crippen molar-refractivity contribution >= 4 is 5.91 Å². The summed E-state index contributed by atoms with van der Waals surface area (Å²) in [5.74, 6) is 0.0511. The number of carbonyl (C=O) groups is 1. The maximum Gasteiger partial charge on any atom is 0.222 e. The molecule has 4 heteroatoms. The Balaban J connectivity index is 1.50. The van der Waals surface area contributed by atoms with Crippen LogP contribution in [0, 0.1) is 0 Å². The molecule has 23 heavy (non-hydrogen) atoms. The number of fused-ring (bicyclic) bond motifs is 3. The van der Waals surface area contributed by atoms with Crippen LogP contribution in [0.25, 0.3) is 11.3 Å². The van der Waals surface area contributed by atoms with E-state index in [0.717, 1.165) is 11.3 Å². The van der Waals surface area contributed by atoms with E-state index >= 15 is 0 Å². The molecule has 0 fully saturated rings. The average molecular weight is 303 g/mol. The molecule has 0 saturated heterocycles. The van der Waals surface area contributed by atoms with Crippen LogP contribution in [-0.2, 0) is 11.3 Å². The molecule has 1 amide bonds. The molecule has 0 bridgehead atoms. The molecule has 2 heterocycles. The first kappa shape index (κ1) is 13.8. The SMILES string of the molecule is O=C(CC1c2ccccc2-c2cncn21)NCc1ccccc1. The molecule has 1 N–H and O–H groups in total. The number of aromatic nitrogens is 2. The lowest BCUT2D eigenvalue weighted by atomic mass is 10.0. The van der Waals surface area contributed by atoms with Crippen LogP contribution in [0.15, 0.2) is 67.1 Å². The van der Waals surface area contributed by atoms with E-state index in [2.05, 4.69) is 27.0 Å². The van der Waals surface area contributed by atoms with Crippen LogP contribution in [0.2, 0.25) is 0 Å². The lowest BCUT2D eigenvalue weighted by Gasteiger charge is -2.14. The number of hydrogen-bond donors (Lipinski definition) is 1. The Hall–Kier alpha value is -2.88. The van der Waals surface area contributed by atoms with Gasteiger partial charge in [-0.15, -0.1) is 0 Å². The summed E-state index contributed by atoms with van der Waals surface area (Å²) in [4.78, 5) is 16.6. The second-order valence-electron chi connectivity index (χ2n) is 5.76. The van der Waals surface area contributed by atoms with Crippen molar-refractivity contribution in [1.82, 2.24) is 14.9 Å². The summed E-state index contributed by atoms with van der Waals surface area (Å²) in [7, 11) is 0. The molecule has 1 aliphatic rings. The number of nitrogens with zero attached hydrogens (tertiary/aromatic N) is 2. The van der Waals surface area contributed by atoms with Crippen LogP contribution in [0.5, 0.6) is 0 Å². The zero-order chi connectivity index (χ0) is 15.6. The topological polar surface area (TPSA) is 46.9 Å². The van der Waals surface area contributed by atoms with Crippen molar-refractivity contribution in [3.05, 3.63) is 78.2 Å². The second kappa shape index (κ2) is 5.72. The fraction of sp³-hybridized carbons (Fsp3) is 0.158. The van der Waals surface area contributed by atoms with Crippen molar-refractivity contribution in [2.75, 3.05) is 0 Å². The third-order valence-electron chi connectivity index (χ3n) is 4.31. The van der Waals surface area contributed by atoms with Gasteiger partial charge >= 0.3 is 0 Å². The molecular formula is C19H17N3O. The van der Waals surface area contributed by atoms with Crippen LogP contribution < -0.4 is 5.32 Å². The lowest BCUT2D eigenvalue weighted by molar-refractivity contribution is -0.121. The zero-order valence-corrected chi connectivity index (χ0v) is 12.6. The van der Waals surface area contributed by atoms with E-state index in [0.29, 0.717) is 13.0 Å². The molecule has 3 aromatic rings. The van der Waals surface area contributed by atoms with E-state index < -0.39 is 0 Å². The molecule has 4 nitrogen and oxygen atoms in total. The van der Waals surface area contributed by atoms with Crippen LogP contribution in [0.1, 0.15) is 23.6 Å². The maximum atomic E-state index is 12.4. The maximum absolute atomic E-state index is 12.4. The van der Waals surface area contributed by atoms with Gasteiger partial charge in [-0.25, -0.2) is 4.98 Å². The van der Waals surface area contributed by atoms with Gasteiger partial charge in [0.15, 0.2) is 0 Å². The van der Waals surface area contributed by atoms with E-state index in [9.17, 15) is 4.79 Å². The normalized spacial score (nSPS) is 15.0. The minimum atomic E-state index is 0.0273. The summed E-state index contributed by atoms with van der Waals surface area (Å²) >= 11 is 0. The van der Waals surface area contributed by atoms with Crippen molar-refractivity contribution in [1.29, 1.82) is 0 Å². The molecule has 0 aliphatic carbocycles. The molecule has 1 atom stereocenters. The number of hydrogen-bond acceptors (Lipinski definition) is 2. The minimum absolute atomic E-state index is 0.0273. The summed E-state index contributed by atoms with van der Waals surface area (Å²) in [6.45, 7) is 0.560. The van der Waals surface area contributed by atoms with E-state index in [-0.39, 0.29) is 11.9 Å². The van der Waals surface area contributed by atoms with Gasteiger partial charge in [0.2, 0.25) is 5.91 Å². The van der Waals surface area contributed by atoms with Crippen molar-refractivity contribution in [3.63, 3.8) is 0 Å². The van der Waals surface area contributed by atoms with Gasteiger partial charge in [0, 0.05) is 12.1 Å². The number of rotatable bonds is 4. The Morgan fingerprint density at radius 1 is 1.09 bits per heavy atom. The Bertz CT molecular complexity index is 839. The van der Waals surface area contributed by atoms with E-state index in [1.54, 1.807) is 0 Å². The largest absolute Gasteiger partial charge is 0.352 e. The van der Waals surface area contributed by atoms with Gasteiger partial charge in [-0.1, -0.05) is 54.6 Å². The van der Waals surface area contributed by atoms with Gasteiger partial charge in [-0.05, 0) is 11.1 Å². The molecule has 0 spiro atoms. The molecule has 1 unspecified atom stereocenters. The number of carbonyl (C=O) groups excluding carboxylic acids is 1. The molecule has 0 saturated carbocycles. The highest BCUT2D eigenvalue weighted by Gasteiger charge is 2.29. The van der Waals surface area contributed by atoms with Gasteiger partial charge in [0.05, 0.1) is 30.7 Å². The van der Waals surface area contributed by atoms with Crippen molar-refractivity contribution in [2.45, 2.75) is 19.0 Å². The van der Waals surface area contributed by atoms with Crippen LogP contribution in [0.4, 0.5) is 0 Å². The summed E-state index contributed by atoms with van der Waals surface area (Å²) in [6, 6.07) is 18.2. The molecule has 2 aromatic carbocycles. The van der Waals surface area contributed by atoms with Crippen LogP contribution >= 0.6 is 0 Å². The molecule has 4 rings (SSSR count). The predicted molar refractivity (Wildman–Crippen MR) is 88.7 cm³/mol. The summed E-state index contributed by atoms with van der Waals surface area (Å²) in [5.41, 5.74) is 4.56. The van der Waals surface area contributed by atoms with Gasteiger partial charge in [-0.3, -0.25) is 4.79 Å². The fourth-order valence-corrected chi connectivity index (χ4v) is 3.18. The minimum Gasteiger partial charge on any atom is -0.352 e. The summed E-state index contributed by atoms with van der Waals surface area (Å²) < 4.78 is 2.09. The molecule has 1 aliphatic heterocycles. The summed E-state index contributed by atoms with van der Waals surface area (Å²) in [5, 5.41) is 3.01. The first-order valence-corrected chi connectivity index (χ1v) is 7.74. The third kappa shape index (κ3) is 2.52. The first-order valence-electron chi connectivity index (χ1n) is 7.74. The smallest absolute Gasteiger partial charge is 0.222 e. The van der Waals surface area contributed by atoms with Crippen molar-refractivity contribution < 1.29 is 4.79 Å². The van der Waals surface area contributed by atoms with E-state index in [1.807, 2.05) is 55.0 Å². The molecule has 0 radical (unpaired) electrons. The van der Waals surface area contributed by atoms with E-state index in [1.165, 1.54) is 11.1 Å². The Kier molecular flexibility index (Phi) is 3.42. The standard InChI is InChI=1S/C19H17N3O/c23-19(21-11-14-6-2-1-3-7-14)10-17-15-8-4-5-9-16(15)18-12-20-13-22(17)18/h1-9,12-13,17H,10-11H2,(H,21,23). The number of amides is 1. The second-order valence-corrected chi connectivity index (χ2v) is 5.76. The first-order chi connectivity index (χ1) is 11.3. The zero-order valence-electron chi connectivity index (χ0n) is 12.6. The fourth-order valence-electron chi connectivity index (χ4n) is 3.18. The highest BCUT2D eigenvalue weighted by atomic mass is 16.1. The quantitative estimate of drug-likeness (QED) is 0.805. The number of imidazole rings is 1. The van der Waals surface area contributed by atoms with Crippen molar-refractivity contribution in [3.8, 4) is 11.3 Å². The van der Waals surface area contributed by atoms with Crippen LogP contribution in [-0.4, -0.2) is 15.5 Å². The molecule has 114 valence electrons. The highest BCUT2D eigenvalue weighted by molar-refractivity contribution is 5.79. The van der Waals surface area contributed by atoms with E-state index in [4.69, 9.17) is 0 Å². The lowest BCUT2D eigenvalue weighted by Crippen LogP contribution is -2.25.